The molecule has 12 nitrogen and oxygen atoms in total. The van der Waals surface area contributed by atoms with E-state index in [1.165, 1.54) is 39.7 Å². The standard InChI is InChI=1S/C23H25NOSi.C17H10NO.3C11H8N.CHF3O3S.2CH4O.2Ir/c1-4-26(5-2,6-3)22-16-17(19-12-9-10-14-24-19)15-21-23(22)18-11-7-8-13-20(18)25-21;1-2-7-16-13(5-1)14-9-8-12(11-17(14)19-16)15-6-3-4-10-18-15;3*1-2-6-10(7-3-1)11-8-4-5-9-12-11;2-1(3,4)8(5,6)7;2*1-2;;/h7-16H,4-6H2,1-3H3;1-10H;3*1-6,8-9H;(H,5,6,7);2*2H,1H3;;/q;4*-1;;;;;. The Kier molecular flexibility index (Phi) is 31.5. The minimum Gasteiger partial charge on any atom is -0.477 e. The van der Waals surface area contributed by atoms with Crippen molar-refractivity contribution in [3.8, 4) is 56.3 Å². The molecular formula is C76H68F3Ir2N5O7SSi-4. The van der Waals surface area contributed by atoms with E-state index in [4.69, 9.17) is 32.0 Å². The summed E-state index contributed by atoms with van der Waals surface area (Å²) in [5.41, 5.74) is 8.19. The number of nitrogens with zero attached hydrogens (tertiary/aromatic N) is 5. The van der Waals surface area contributed by atoms with Crippen LogP contribution in [0.25, 0.3) is 100 Å². The number of aliphatic hydroxyl groups excluding tert-OH is 2. The monoisotopic (exact) mass is 1670 g/mol. The fourth-order valence-electron chi connectivity index (χ4n) is 9.83. The maximum absolute atomic E-state index is 10.7. The summed E-state index contributed by atoms with van der Waals surface area (Å²) in [6, 6.07) is 94.6. The molecule has 0 fully saturated rings. The molecule has 19 heteroatoms. The van der Waals surface area contributed by atoms with Crippen molar-refractivity contribution in [1.82, 2.24) is 24.9 Å². The fraction of sp³-hybridized carbons (Fsp3) is 0.118. The second kappa shape index (κ2) is 39.0. The van der Waals surface area contributed by atoms with E-state index in [0.717, 1.165) is 98.0 Å². The molecule has 7 aromatic carbocycles. The predicted molar refractivity (Wildman–Crippen MR) is 369 cm³/mol. The van der Waals surface area contributed by atoms with Gasteiger partial charge in [-0.2, -0.15) is 21.6 Å². The number of aliphatic hydroxyl groups is 2. The average Bonchev–Trinajstić information content (AvgIpc) is 1.63. The van der Waals surface area contributed by atoms with Crippen molar-refractivity contribution in [2.24, 2.45) is 0 Å². The van der Waals surface area contributed by atoms with Crippen LogP contribution in [-0.2, 0) is 50.3 Å². The largest absolute Gasteiger partial charge is 0.522 e. The van der Waals surface area contributed by atoms with Gasteiger partial charge in [0.2, 0.25) is 0 Å². The first-order chi connectivity index (χ1) is 45.3. The number of rotatable bonds is 9. The van der Waals surface area contributed by atoms with Gasteiger partial charge in [0.05, 0.1) is 19.4 Å². The van der Waals surface area contributed by atoms with Crippen molar-refractivity contribution in [3.05, 3.63) is 292 Å². The molecule has 0 aliphatic rings. The van der Waals surface area contributed by atoms with Gasteiger partial charge in [-0.1, -0.05) is 147 Å². The van der Waals surface area contributed by atoms with Crippen LogP contribution in [0.3, 0.4) is 0 Å². The number of halogens is 3. The van der Waals surface area contributed by atoms with Gasteiger partial charge in [0, 0.05) is 102 Å². The first-order valence-corrected chi connectivity index (χ1v) is 33.5. The van der Waals surface area contributed by atoms with Crippen molar-refractivity contribution in [2.45, 2.75) is 44.4 Å². The van der Waals surface area contributed by atoms with Gasteiger partial charge in [-0.25, -0.2) is 0 Å². The van der Waals surface area contributed by atoms with Crippen LogP contribution in [-0.4, -0.2) is 75.9 Å². The first kappa shape index (κ1) is 76.7. The second-order valence-corrected chi connectivity index (χ2v) is 26.5. The molecule has 0 atom stereocenters. The number of para-hydroxylation sites is 2. The van der Waals surface area contributed by atoms with Gasteiger partial charge in [-0.15, -0.1) is 125 Å². The zero-order valence-corrected chi connectivity index (χ0v) is 59.1. The minimum absolute atomic E-state index is 0. The molecular weight excluding hydrogens is 1600 g/mol. The summed E-state index contributed by atoms with van der Waals surface area (Å²) in [7, 11) is -5.43. The number of fused-ring (bicyclic) bond motifs is 6. The van der Waals surface area contributed by atoms with Crippen LogP contribution >= 0.6 is 0 Å². The number of benzene rings is 7. The molecule has 3 N–H and O–H groups in total. The molecule has 0 aliphatic heterocycles. The molecule has 7 aromatic heterocycles. The van der Waals surface area contributed by atoms with Crippen molar-refractivity contribution < 1.29 is 85.4 Å². The molecule has 492 valence electrons. The Balaban J connectivity index is 0.000000211. The van der Waals surface area contributed by atoms with Gasteiger partial charge < -0.3 is 39.0 Å². The topological polar surface area (TPSA) is 186 Å². The summed E-state index contributed by atoms with van der Waals surface area (Å²) < 4.78 is 69.7. The van der Waals surface area contributed by atoms with E-state index in [1.807, 2.05) is 188 Å². The number of pyridine rings is 5. The smallest absolute Gasteiger partial charge is 0.477 e. The van der Waals surface area contributed by atoms with E-state index in [9.17, 15) is 13.2 Å². The Morgan fingerprint density at radius 1 is 0.421 bits per heavy atom. The zero-order chi connectivity index (χ0) is 66.5. The van der Waals surface area contributed by atoms with Gasteiger partial charge in [-0.05, 0) is 87.9 Å². The molecule has 0 unspecified atom stereocenters. The van der Waals surface area contributed by atoms with E-state index < -0.39 is 23.7 Å². The summed E-state index contributed by atoms with van der Waals surface area (Å²) in [6.45, 7) is 7.09. The van der Waals surface area contributed by atoms with Crippen molar-refractivity contribution in [2.75, 3.05) is 14.2 Å². The Morgan fingerprint density at radius 3 is 1.15 bits per heavy atom. The van der Waals surface area contributed by atoms with Crippen LogP contribution in [0.15, 0.2) is 276 Å². The molecule has 7 heterocycles. The van der Waals surface area contributed by atoms with E-state index in [-0.39, 0.29) is 40.2 Å². The number of furan rings is 2. The summed E-state index contributed by atoms with van der Waals surface area (Å²) in [5, 5.41) is 20.3. The van der Waals surface area contributed by atoms with E-state index in [1.54, 1.807) is 24.8 Å². The molecule has 0 amide bonds. The van der Waals surface area contributed by atoms with Crippen LogP contribution in [0.4, 0.5) is 13.2 Å². The predicted octanol–water partition coefficient (Wildman–Crippen LogP) is 18.1. The Bertz CT molecular complexity index is 4280. The third kappa shape index (κ3) is 21.3. The second-order valence-electron chi connectivity index (χ2n) is 19.9. The third-order valence-corrected chi connectivity index (χ3v) is 20.7. The van der Waals surface area contributed by atoms with Crippen LogP contribution in [0, 0.1) is 24.3 Å². The Morgan fingerprint density at radius 2 is 0.779 bits per heavy atom. The van der Waals surface area contributed by atoms with Crippen molar-refractivity contribution in [1.29, 1.82) is 0 Å². The van der Waals surface area contributed by atoms with Crippen LogP contribution in [0.2, 0.25) is 18.1 Å². The number of alkyl halides is 3. The Labute approximate surface area is 580 Å². The van der Waals surface area contributed by atoms with Crippen molar-refractivity contribution >= 4 is 67.3 Å². The number of hydrogen-bond acceptors (Lipinski definition) is 11. The maximum Gasteiger partial charge on any atom is 0.522 e. The van der Waals surface area contributed by atoms with Gasteiger partial charge in [0.25, 0.3) is 0 Å². The molecule has 0 spiro atoms. The van der Waals surface area contributed by atoms with Crippen LogP contribution in [0.1, 0.15) is 20.8 Å². The SMILES string of the molecule is CC[Si](CC)(CC)c1cc(-c2ccccn2)cc2oc3ccccc3c12.CO.CO.O=S(=O)(O)C(F)(F)F.[Ir].[Ir].[c-]1c(-c2ccccn2)ccc2c1oc1ccccc12.[c-]1ccccc1-c1ccccn1.[c-]1ccccc1-c1ccccn1.[c-]1ccccc1-c1ccccn1. The van der Waals surface area contributed by atoms with E-state index in [0.29, 0.717) is 0 Å². The molecule has 14 rings (SSSR count). The van der Waals surface area contributed by atoms with Crippen molar-refractivity contribution in [3.63, 3.8) is 0 Å². The summed E-state index contributed by atoms with van der Waals surface area (Å²) in [6.07, 6.45) is 9.01. The molecule has 0 bridgehead atoms. The maximum atomic E-state index is 10.7. The zero-order valence-electron chi connectivity index (χ0n) is 52.4. The minimum atomic E-state index is -5.84. The van der Waals surface area contributed by atoms with Gasteiger partial charge >= 0.3 is 15.6 Å². The summed E-state index contributed by atoms with van der Waals surface area (Å²) in [5.74, 6) is 0. The number of hydrogen-bond donors (Lipinski definition) is 3. The molecule has 95 heavy (non-hydrogen) atoms. The molecule has 0 saturated carbocycles. The molecule has 0 saturated heterocycles. The molecule has 0 aliphatic carbocycles. The summed E-state index contributed by atoms with van der Waals surface area (Å²) in [4.78, 5) is 21.6. The van der Waals surface area contributed by atoms with Gasteiger partial charge in [0.15, 0.2) is 0 Å². The van der Waals surface area contributed by atoms with Gasteiger partial charge in [0.1, 0.15) is 16.7 Å². The molecule has 14 aromatic rings. The van der Waals surface area contributed by atoms with Gasteiger partial charge in [-0.3, -0.25) is 9.54 Å². The third-order valence-electron chi connectivity index (χ3n) is 14.5. The fourth-order valence-corrected chi connectivity index (χ4v) is 13.7. The Hall–Kier alpha value is -8.97. The quantitative estimate of drug-likeness (QED) is 0.0538. The summed E-state index contributed by atoms with van der Waals surface area (Å²) >= 11 is 0. The normalized spacial score (nSPS) is 10.5. The number of aromatic nitrogens is 5. The van der Waals surface area contributed by atoms with Crippen LogP contribution < -0.4 is 5.19 Å². The molecule has 2 radical (unpaired) electrons. The van der Waals surface area contributed by atoms with E-state index >= 15 is 0 Å². The van der Waals surface area contributed by atoms with Crippen LogP contribution in [0.5, 0.6) is 0 Å². The average molecular weight is 1660 g/mol. The first-order valence-electron chi connectivity index (χ1n) is 29.5. The van der Waals surface area contributed by atoms with E-state index in [2.05, 4.69) is 125 Å².